The molecule has 5 nitrogen and oxygen atoms in total. The highest BCUT2D eigenvalue weighted by atomic mass is 35.5. The Balaban J connectivity index is 1.89. The van der Waals surface area contributed by atoms with Gasteiger partial charge in [-0.25, -0.2) is 0 Å². The number of aromatic nitrogens is 2. The summed E-state index contributed by atoms with van der Waals surface area (Å²) in [5.41, 5.74) is 2.63. The van der Waals surface area contributed by atoms with Gasteiger partial charge in [0.2, 0.25) is 5.82 Å². The molecule has 0 saturated heterocycles. The smallest absolute Gasteiger partial charge is 0.268 e. The Kier molecular flexibility index (Phi) is 5.65. The van der Waals surface area contributed by atoms with Gasteiger partial charge in [0.25, 0.3) is 5.89 Å². The van der Waals surface area contributed by atoms with Crippen molar-refractivity contribution in [3.05, 3.63) is 39.2 Å². The van der Waals surface area contributed by atoms with Gasteiger partial charge in [-0.15, -0.1) is 11.3 Å². The number of rotatable bonds is 6. The van der Waals surface area contributed by atoms with Crippen LogP contribution in [0.1, 0.15) is 29.9 Å². The Morgan fingerprint density at radius 3 is 2.54 bits per heavy atom. The van der Waals surface area contributed by atoms with Crippen LogP contribution in [-0.4, -0.2) is 33.2 Å². The van der Waals surface area contributed by atoms with Crippen LogP contribution < -0.4 is 0 Å². The number of nitrogens with zero attached hydrogens (tertiary/aromatic N) is 3. The summed E-state index contributed by atoms with van der Waals surface area (Å²) in [6.45, 7) is 11.2. The first-order valence-corrected chi connectivity index (χ1v) is 9.77. The average molecular weight is 392 g/mol. The number of phenolic OH excluding ortho intramolecular Hbond substituents is 1. The zero-order valence-electron chi connectivity index (χ0n) is 15.3. The molecule has 0 atom stereocenters. The van der Waals surface area contributed by atoms with Crippen molar-refractivity contribution in [2.75, 3.05) is 13.1 Å². The fourth-order valence-electron chi connectivity index (χ4n) is 2.74. The molecule has 0 fully saturated rings. The molecule has 0 unspecified atom stereocenters. The Hall–Kier alpha value is -1.89. The molecule has 1 N–H and O–H groups in total. The number of hydrogen-bond donors (Lipinski definition) is 1. The molecule has 0 bridgehead atoms. The Labute approximate surface area is 162 Å². The van der Waals surface area contributed by atoms with Crippen LogP contribution >= 0.6 is 22.9 Å². The van der Waals surface area contributed by atoms with Crippen molar-refractivity contribution in [1.82, 2.24) is 15.0 Å². The second kappa shape index (κ2) is 7.78. The molecule has 2 aromatic heterocycles. The molecule has 2 heterocycles. The lowest BCUT2D eigenvalue weighted by molar-refractivity contribution is 0.298. The quantitative estimate of drug-likeness (QED) is 0.619. The average Bonchev–Trinajstić information content (AvgIpc) is 3.24. The first-order chi connectivity index (χ1) is 12.4. The molecule has 138 valence electrons. The molecule has 0 aliphatic carbocycles. The summed E-state index contributed by atoms with van der Waals surface area (Å²) in [7, 11) is 0. The maximum Gasteiger partial charge on any atom is 0.268 e. The van der Waals surface area contributed by atoms with E-state index in [-0.39, 0.29) is 10.8 Å². The number of thiophene rings is 1. The van der Waals surface area contributed by atoms with Crippen LogP contribution in [0, 0.1) is 13.8 Å². The predicted octanol–water partition coefficient (Wildman–Crippen LogP) is 5.28. The minimum atomic E-state index is 0.0778. The number of aromatic hydroxyl groups is 1. The maximum atomic E-state index is 9.81. The van der Waals surface area contributed by atoms with Gasteiger partial charge >= 0.3 is 0 Å². The Morgan fingerprint density at radius 1 is 1.15 bits per heavy atom. The summed E-state index contributed by atoms with van der Waals surface area (Å²) in [5.74, 6) is 1.04. The van der Waals surface area contributed by atoms with Crippen LogP contribution in [-0.2, 0) is 6.54 Å². The van der Waals surface area contributed by atoms with Crippen LogP contribution in [0.15, 0.2) is 22.7 Å². The van der Waals surface area contributed by atoms with Crippen LogP contribution in [0.5, 0.6) is 5.75 Å². The SMILES string of the molecule is CCN(CC)Cc1sc(-c2nc(-c3cc(C)c(O)c(Cl)c3)no2)cc1C. The van der Waals surface area contributed by atoms with E-state index in [1.807, 2.05) is 0 Å². The first kappa shape index (κ1) is 18.9. The molecular formula is C19H22ClN3O2S. The van der Waals surface area contributed by atoms with Crippen molar-refractivity contribution < 1.29 is 9.63 Å². The molecule has 1 aromatic carbocycles. The van der Waals surface area contributed by atoms with Crippen molar-refractivity contribution >= 4 is 22.9 Å². The first-order valence-electron chi connectivity index (χ1n) is 8.58. The fourth-order valence-corrected chi connectivity index (χ4v) is 4.14. The van der Waals surface area contributed by atoms with E-state index in [4.69, 9.17) is 16.1 Å². The summed E-state index contributed by atoms with van der Waals surface area (Å²) >= 11 is 7.74. The molecule has 0 saturated carbocycles. The molecule has 3 rings (SSSR count). The van der Waals surface area contributed by atoms with Crippen LogP contribution in [0.2, 0.25) is 5.02 Å². The van der Waals surface area contributed by atoms with E-state index in [0.29, 0.717) is 17.3 Å². The highest BCUT2D eigenvalue weighted by molar-refractivity contribution is 7.15. The topological polar surface area (TPSA) is 62.4 Å². The van der Waals surface area contributed by atoms with Crippen molar-refractivity contribution in [3.8, 4) is 27.9 Å². The van der Waals surface area contributed by atoms with Gasteiger partial charge in [0.05, 0.1) is 9.90 Å². The van der Waals surface area contributed by atoms with Gasteiger partial charge < -0.3 is 9.63 Å². The van der Waals surface area contributed by atoms with E-state index < -0.39 is 0 Å². The minimum Gasteiger partial charge on any atom is -0.506 e. The molecule has 3 aromatic rings. The molecule has 0 radical (unpaired) electrons. The van der Waals surface area contributed by atoms with Gasteiger partial charge in [-0.05, 0) is 56.3 Å². The van der Waals surface area contributed by atoms with Crippen molar-refractivity contribution in [1.29, 1.82) is 0 Å². The van der Waals surface area contributed by atoms with Gasteiger partial charge in [-0.3, -0.25) is 4.90 Å². The summed E-state index contributed by atoms with van der Waals surface area (Å²) in [6.07, 6.45) is 0. The number of halogens is 1. The summed E-state index contributed by atoms with van der Waals surface area (Å²) in [6, 6.07) is 5.53. The lowest BCUT2D eigenvalue weighted by atomic mass is 10.1. The fraction of sp³-hybridized carbons (Fsp3) is 0.368. The lowest BCUT2D eigenvalue weighted by Crippen LogP contribution is -2.21. The molecule has 0 amide bonds. The van der Waals surface area contributed by atoms with Crippen LogP contribution in [0.4, 0.5) is 0 Å². The highest BCUT2D eigenvalue weighted by Gasteiger charge is 2.17. The minimum absolute atomic E-state index is 0.0778. The zero-order valence-corrected chi connectivity index (χ0v) is 16.9. The van der Waals surface area contributed by atoms with Gasteiger partial charge in [0, 0.05) is 17.0 Å². The standard InChI is InChI=1S/C19H22ClN3O2S/c1-5-23(6-2)10-16-11(3)8-15(26-16)19-21-18(22-25-19)13-7-12(4)17(24)14(20)9-13/h7-9,24H,5-6,10H2,1-4H3. The molecule has 0 aliphatic heterocycles. The molecule has 26 heavy (non-hydrogen) atoms. The third kappa shape index (κ3) is 3.77. The van der Waals surface area contributed by atoms with E-state index in [9.17, 15) is 5.11 Å². The molecule has 7 heteroatoms. The van der Waals surface area contributed by atoms with Crippen molar-refractivity contribution in [2.24, 2.45) is 0 Å². The number of benzene rings is 1. The van der Waals surface area contributed by atoms with Crippen molar-refractivity contribution in [2.45, 2.75) is 34.2 Å². The van der Waals surface area contributed by atoms with E-state index in [2.05, 4.69) is 41.9 Å². The third-order valence-electron chi connectivity index (χ3n) is 4.43. The predicted molar refractivity (Wildman–Crippen MR) is 106 cm³/mol. The number of aryl methyl sites for hydroxylation is 2. The van der Waals surface area contributed by atoms with Gasteiger partial charge in [0.15, 0.2) is 0 Å². The largest absolute Gasteiger partial charge is 0.506 e. The lowest BCUT2D eigenvalue weighted by Gasteiger charge is -2.17. The van der Waals surface area contributed by atoms with Gasteiger partial charge in [0.1, 0.15) is 5.75 Å². The molecular weight excluding hydrogens is 370 g/mol. The number of hydrogen-bond acceptors (Lipinski definition) is 6. The number of phenols is 1. The van der Waals surface area contributed by atoms with Gasteiger partial charge in [-0.1, -0.05) is 30.6 Å². The van der Waals surface area contributed by atoms with Crippen molar-refractivity contribution in [3.63, 3.8) is 0 Å². The summed E-state index contributed by atoms with van der Waals surface area (Å²) in [5, 5.41) is 14.2. The maximum absolute atomic E-state index is 9.81. The molecule has 0 aliphatic rings. The Morgan fingerprint density at radius 2 is 1.88 bits per heavy atom. The van der Waals surface area contributed by atoms with E-state index >= 15 is 0 Å². The van der Waals surface area contributed by atoms with E-state index in [1.165, 1.54) is 10.4 Å². The Bertz CT molecular complexity index is 892. The van der Waals surface area contributed by atoms with E-state index in [0.717, 1.165) is 30.1 Å². The highest BCUT2D eigenvalue weighted by Crippen LogP contribution is 2.35. The van der Waals surface area contributed by atoms with E-state index in [1.54, 1.807) is 30.4 Å². The zero-order chi connectivity index (χ0) is 18.8. The monoisotopic (exact) mass is 391 g/mol. The third-order valence-corrected chi connectivity index (χ3v) is 5.93. The molecule has 0 spiro atoms. The second-order valence-electron chi connectivity index (χ2n) is 6.22. The van der Waals surface area contributed by atoms with Crippen LogP contribution in [0.25, 0.3) is 22.2 Å². The summed E-state index contributed by atoms with van der Waals surface area (Å²) < 4.78 is 5.47. The summed E-state index contributed by atoms with van der Waals surface area (Å²) in [4.78, 5) is 9.17. The van der Waals surface area contributed by atoms with Gasteiger partial charge in [-0.2, -0.15) is 4.98 Å². The van der Waals surface area contributed by atoms with Crippen LogP contribution in [0.3, 0.4) is 0 Å². The normalized spacial score (nSPS) is 11.5. The second-order valence-corrected chi connectivity index (χ2v) is 7.77.